The molecule has 0 aliphatic heterocycles. The fraction of sp³-hybridized carbons (Fsp3) is 0.588. The molecule has 2 rings (SSSR count). The van der Waals surface area contributed by atoms with Crippen molar-refractivity contribution in [3.8, 4) is 0 Å². The van der Waals surface area contributed by atoms with Crippen LogP contribution in [-0.2, 0) is 9.53 Å². The molecule has 1 saturated carbocycles. The van der Waals surface area contributed by atoms with E-state index in [1.165, 1.54) is 19.3 Å². The van der Waals surface area contributed by atoms with Crippen LogP contribution in [-0.4, -0.2) is 18.1 Å². The number of ether oxygens (including phenoxy) is 1. The van der Waals surface area contributed by atoms with Gasteiger partial charge < -0.3 is 15.8 Å². The summed E-state index contributed by atoms with van der Waals surface area (Å²) in [6, 6.07) is 7.15. The van der Waals surface area contributed by atoms with Gasteiger partial charge in [-0.15, -0.1) is 0 Å². The van der Waals surface area contributed by atoms with E-state index < -0.39 is 6.10 Å². The zero-order valence-electron chi connectivity index (χ0n) is 13.0. The van der Waals surface area contributed by atoms with Crippen LogP contribution in [0.15, 0.2) is 24.3 Å². The van der Waals surface area contributed by atoms with Crippen LogP contribution in [0, 0.1) is 5.92 Å². The van der Waals surface area contributed by atoms with Gasteiger partial charge in [-0.25, -0.2) is 0 Å². The lowest BCUT2D eigenvalue weighted by atomic mass is 9.84. The predicted molar refractivity (Wildman–Crippen MR) is 86.1 cm³/mol. The Morgan fingerprint density at radius 1 is 1.33 bits per heavy atom. The van der Waals surface area contributed by atoms with E-state index >= 15 is 0 Å². The van der Waals surface area contributed by atoms with Crippen molar-refractivity contribution < 1.29 is 9.53 Å². The van der Waals surface area contributed by atoms with Crippen molar-refractivity contribution in [3.05, 3.63) is 24.3 Å². The average molecular weight is 290 g/mol. The quantitative estimate of drug-likeness (QED) is 0.815. The van der Waals surface area contributed by atoms with Crippen molar-refractivity contribution in [3.63, 3.8) is 0 Å². The van der Waals surface area contributed by atoms with Crippen molar-refractivity contribution in [2.24, 2.45) is 5.92 Å². The number of anilines is 2. The van der Waals surface area contributed by atoms with Gasteiger partial charge in [0.15, 0.2) is 0 Å². The third-order valence-electron chi connectivity index (χ3n) is 4.29. The minimum atomic E-state index is -0.431. The molecule has 3 unspecified atom stereocenters. The smallest absolute Gasteiger partial charge is 0.253 e. The molecule has 0 radical (unpaired) electrons. The van der Waals surface area contributed by atoms with Gasteiger partial charge >= 0.3 is 0 Å². The van der Waals surface area contributed by atoms with E-state index in [9.17, 15) is 4.79 Å². The molecule has 0 spiro atoms. The van der Waals surface area contributed by atoms with Crippen LogP contribution >= 0.6 is 0 Å². The van der Waals surface area contributed by atoms with E-state index in [0.29, 0.717) is 11.6 Å². The summed E-state index contributed by atoms with van der Waals surface area (Å²) in [4.78, 5) is 12.2. The fourth-order valence-corrected chi connectivity index (χ4v) is 2.95. The molecule has 4 nitrogen and oxygen atoms in total. The second kappa shape index (κ2) is 7.46. The minimum absolute atomic E-state index is 0.0970. The average Bonchev–Trinajstić information content (AvgIpc) is 2.50. The number of nitrogens with two attached hydrogens (primary N) is 1. The number of hydrogen-bond donors (Lipinski definition) is 2. The van der Waals surface area contributed by atoms with Crippen molar-refractivity contribution in [1.29, 1.82) is 0 Å². The Bertz CT molecular complexity index is 458. The minimum Gasteiger partial charge on any atom is -0.399 e. The normalized spacial score (nSPS) is 23.5. The third-order valence-corrected chi connectivity index (χ3v) is 4.29. The summed E-state index contributed by atoms with van der Waals surface area (Å²) in [7, 11) is 0. The van der Waals surface area contributed by atoms with E-state index in [1.807, 2.05) is 6.92 Å². The lowest BCUT2D eigenvalue weighted by molar-refractivity contribution is -0.134. The number of nitrogens with one attached hydrogen (secondary N) is 1. The van der Waals surface area contributed by atoms with E-state index in [1.54, 1.807) is 24.3 Å². The Labute approximate surface area is 127 Å². The molecule has 0 saturated heterocycles. The van der Waals surface area contributed by atoms with E-state index in [0.717, 1.165) is 18.5 Å². The van der Waals surface area contributed by atoms with Gasteiger partial charge in [-0.2, -0.15) is 0 Å². The van der Waals surface area contributed by atoms with Crippen molar-refractivity contribution in [1.82, 2.24) is 0 Å². The molecule has 0 aromatic heterocycles. The first-order valence-corrected chi connectivity index (χ1v) is 7.92. The predicted octanol–water partition coefficient (Wildman–Crippen LogP) is 3.58. The standard InChI is InChI=1S/C17H26N2O2/c1-3-13-6-4-5-7-16(13)21-12(2)17(20)19-15-10-8-14(18)9-11-15/h8-13,16H,3-7,18H2,1-2H3,(H,19,20). The summed E-state index contributed by atoms with van der Waals surface area (Å²) in [5.74, 6) is 0.491. The zero-order chi connectivity index (χ0) is 15.2. The molecule has 1 fully saturated rings. The summed E-state index contributed by atoms with van der Waals surface area (Å²) in [6.45, 7) is 4.03. The molecule has 1 aliphatic rings. The van der Waals surface area contributed by atoms with Crippen LogP contribution in [0.25, 0.3) is 0 Å². The first-order chi connectivity index (χ1) is 10.1. The largest absolute Gasteiger partial charge is 0.399 e. The Balaban J connectivity index is 1.88. The summed E-state index contributed by atoms with van der Waals surface area (Å²) in [5, 5.41) is 2.87. The van der Waals surface area contributed by atoms with Gasteiger partial charge in [0.05, 0.1) is 6.10 Å². The molecular weight excluding hydrogens is 264 g/mol. The first kappa shape index (κ1) is 15.8. The first-order valence-electron chi connectivity index (χ1n) is 7.92. The van der Waals surface area contributed by atoms with Gasteiger partial charge in [-0.05, 0) is 49.9 Å². The van der Waals surface area contributed by atoms with Crippen molar-refractivity contribution in [2.75, 3.05) is 11.1 Å². The number of benzene rings is 1. The highest BCUT2D eigenvalue weighted by atomic mass is 16.5. The Morgan fingerprint density at radius 3 is 2.67 bits per heavy atom. The summed E-state index contributed by atoms with van der Waals surface area (Å²) in [6.07, 6.45) is 5.68. The van der Waals surface area contributed by atoms with Crippen LogP contribution in [0.5, 0.6) is 0 Å². The highest BCUT2D eigenvalue weighted by Crippen LogP contribution is 2.30. The summed E-state index contributed by atoms with van der Waals surface area (Å²) in [5.41, 5.74) is 7.07. The number of hydrogen-bond acceptors (Lipinski definition) is 3. The van der Waals surface area contributed by atoms with Crippen molar-refractivity contribution in [2.45, 2.75) is 58.2 Å². The summed E-state index contributed by atoms with van der Waals surface area (Å²) < 4.78 is 6.02. The second-order valence-electron chi connectivity index (χ2n) is 5.88. The van der Waals surface area contributed by atoms with Gasteiger partial charge in [0, 0.05) is 11.4 Å². The Hall–Kier alpha value is -1.55. The number of amides is 1. The maximum absolute atomic E-state index is 12.2. The zero-order valence-corrected chi connectivity index (χ0v) is 13.0. The third kappa shape index (κ3) is 4.46. The topological polar surface area (TPSA) is 64.3 Å². The second-order valence-corrected chi connectivity index (χ2v) is 5.88. The molecule has 21 heavy (non-hydrogen) atoms. The van der Waals surface area contributed by atoms with E-state index in [2.05, 4.69) is 12.2 Å². The lowest BCUT2D eigenvalue weighted by Gasteiger charge is -2.32. The van der Waals surface area contributed by atoms with Crippen LogP contribution in [0.1, 0.15) is 46.0 Å². The van der Waals surface area contributed by atoms with E-state index in [4.69, 9.17) is 10.5 Å². The van der Waals surface area contributed by atoms with Crippen LogP contribution in [0.2, 0.25) is 0 Å². The highest BCUT2D eigenvalue weighted by Gasteiger charge is 2.27. The lowest BCUT2D eigenvalue weighted by Crippen LogP contribution is -2.36. The monoisotopic (exact) mass is 290 g/mol. The van der Waals surface area contributed by atoms with Crippen molar-refractivity contribution >= 4 is 17.3 Å². The van der Waals surface area contributed by atoms with Crippen LogP contribution in [0.3, 0.4) is 0 Å². The van der Waals surface area contributed by atoms with Gasteiger partial charge in [0.1, 0.15) is 6.10 Å². The molecular formula is C17H26N2O2. The molecule has 3 atom stereocenters. The molecule has 1 amide bonds. The molecule has 1 aromatic carbocycles. The maximum Gasteiger partial charge on any atom is 0.253 e. The molecule has 1 aliphatic carbocycles. The molecule has 4 heteroatoms. The Kier molecular flexibility index (Phi) is 5.62. The van der Waals surface area contributed by atoms with Crippen LogP contribution < -0.4 is 11.1 Å². The number of carbonyl (C=O) groups is 1. The van der Waals surface area contributed by atoms with Gasteiger partial charge in [0.25, 0.3) is 5.91 Å². The number of nitrogen functional groups attached to an aromatic ring is 1. The van der Waals surface area contributed by atoms with Gasteiger partial charge in [-0.3, -0.25) is 4.79 Å². The molecule has 0 heterocycles. The fourth-order valence-electron chi connectivity index (χ4n) is 2.95. The van der Waals surface area contributed by atoms with E-state index in [-0.39, 0.29) is 12.0 Å². The van der Waals surface area contributed by atoms with Gasteiger partial charge in [-0.1, -0.05) is 26.2 Å². The maximum atomic E-state index is 12.2. The number of carbonyl (C=O) groups excluding carboxylic acids is 1. The van der Waals surface area contributed by atoms with Crippen LogP contribution in [0.4, 0.5) is 11.4 Å². The van der Waals surface area contributed by atoms with Gasteiger partial charge in [0.2, 0.25) is 0 Å². The molecule has 1 aromatic rings. The molecule has 116 valence electrons. The summed E-state index contributed by atoms with van der Waals surface area (Å²) >= 11 is 0. The molecule has 3 N–H and O–H groups in total. The Morgan fingerprint density at radius 2 is 2.00 bits per heavy atom. The highest BCUT2D eigenvalue weighted by molar-refractivity contribution is 5.94. The molecule has 0 bridgehead atoms. The number of rotatable bonds is 5. The SMILES string of the molecule is CCC1CCCCC1OC(C)C(=O)Nc1ccc(N)cc1.